The summed E-state index contributed by atoms with van der Waals surface area (Å²) in [5.74, 6) is -0.369. The van der Waals surface area contributed by atoms with Gasteiger partial charge >= 0.3 is 5.97 Å². The van der Waals surface area contributed by atoms with E-state index in [1.165, 1.54) is 22.8 Å². The summed E-state index contributed by atoms with van der Waals surface area (Å²) < 4.78 is 5.73. The van der Waals surface area contributed by atoms with Crippen molar-refractivity contribution in [2.45, 2.75) is 9.79 Å². The molecule has 0 bridgehead atoms. The number of aromatic amines is 1. The van der Waals surface area contributed by atoms with Crippen LogP contribution in [-0.2, 0) is 4.74 Å². The summed E-state index contributed by atoms with van der Waals surface area (Å²) in [6, 6.07) is 20.7. The number of methoxy groups -OCH3 is 1. The molecule has 5 heteroatoms. The van der Waals surface area contributed by atoms with Crippen molar-refractivity contribution < 1.29 is 9.53 Å². The number of aromatic nitrogens is 1. The molecule has 1 N–H and O–H groups in total. The van der Waals surface area contributed by atoms with Gasteiger partial charge in [0.15, 0.2) is 0 Å². The molecule has 0 unspecified atom stereocenters. The third kappa shape index (κ3) is 3.17. The normalized spacial score (nSPS) is 11.1. The van der Waals surface area contributed by atoms with Crippen molar-refractivity contribution in [2.24, 2.45) is 0 Å². The molecule has 0 saturated heterocycles. The Morgan fingerprint density at radius 2 is 1.80 bits per heavy atom. The molecular weight excluding hydrogens is 398 g/mol. The zero-order valence-corrected chi connectivity index (χ0v) is 15.8. The Balaban J connectivity index is 1.71. The molecule has 0 amide bonds. The van der Waals surface area contributed by atoms with E-state index in [4.69, 9.17) is 4.74 Å². The molecule has 0 aliphatic rings. The van der Waals surface area contributed by atoms with Crippen LogP contribution in [0.3, 0.4) is 0 Å². The maximum Gasteiger partial charge on any atom is 0.354 e. The van der Waals surface area contributed by atoms with Gasteiger partial charge < -0.3 is 9.72 Å². The maximum absolute atomic E-state index is 11.7. The van der Waals surface area contributed by atoms with Gasteiger partial charge in [-0.2, -0.15) is 0 Å². The number of ether oxygens (including phenoxy) is 1. The third-order valence-corrected chi connectivity index (χ3v) is 5.64. The summed E-state index contributed by atoms with van der Waals surface area (Å²) in [7, 11) is 1.38. The Hall–Kier alpha value is -2.24. The van der Waals surface area contributed by atoms with E-state index < -0.39 is 0 Å². The van der Waals surface area contributed by atoms with Gasteiger partial charge in [0.2, 0.25) is 0 Å². The van der Waals surface area contributed by atoms with Crippen molar-refractivity contribution in [3.05, 3.63) is 70.8 Å². The number of rotatable bonds is 3. The Morgan fingerprint density at radius 1 is 1.00 bits per heavy atom. The highest BCUT2D eigenvalue weighted by molar-refractivity contribution is 9.10. The average Bonchev–Trinajstić information content (AvgIpc) is 3.06. The molecule has 0 aliphatic carbocycles. The second-order valence-electron chi connectivity index (χ2n) is 5.65. The number of halogens is 1. The van der Waals surface area contributed by atoms with Crippen LogP contribution in [0.1, 0.15) is 10.5 Å². The van der Waals surface area contributed by atoms with Crippen molar-refractivity contribution in [3.8, 4) is 0 Å². The lowest BCUT2D eigenvalue weighted by Crippen LogP contribution is -2.00. The number of nitrogens with one attached hydrogen (secondary N) is 1. The molecule has 25 heavy (non-hydrogen) atoms. The molecular formula is C20H14BrNO2S. The van der Waals surface area contributed by atoms with Gasteiger partial charge in [-0.15, -0.1) is 0 Å². The molecule has 0 fully saturated rings. The van der Waals surface area contributed by atoms with Gasteiger partial charge in [-0.3, -0.25) is 0 Å². The number of hydrogen-bond acceptors (Lipinski definition) is 3. The minimum atomic E-state index is -0.369. The van der Waals surface area contributed by atoms with Crippen molar-refractivity contribution in [2.75, 3.05) is 7.11 Å². The number of hydrogen-bond donors (Lipinski definition) is 1. The maximum atomic E-state index is 11.7. The molecule has 4 rings (SSSR count). The lowest BCUT2D eigenvalue weighted by molar-refractivity contribution is 0.0595. The quantitative estimate of drug-likeness (QED) is 0.419. The minimum Gasteiger partial charge on any atom is -0.464 e. The second-order valence-corrected chi connectivity index (χ2v) is 7.65. The van der Waals surface area contributed by atoms with E-state index in [0.717, 1.165) is 20.3 Å². The van der Waals surface area contributed by atoms with Crippen LogP contribution in [0, 0.1) is 0 Å². The highest BCUT2D eigenvalue weighted by Crippen LogP contribution is 2.35. The second kappa shape index (κ2) is 6.58. The number of benzene rings is 3. The molecule has 0 saturated carbocycles. The molecule has 3 nitrogen and oxygen atoms in total. The first kappa shape index (κ1) is 16.2. The molecule has 3 aromatic carbocycles. The van der Waals surface area contributed by atoms with Crippen LogP contribution in [0.15, 0.2) is 74.9 Å². The molecule has 4 aromatic rings. The summed E-state index contributed by atoms with van der Waals surface area (Å²) in [5.41, 5.74) is 1.35. The summed E-state index contributed by atoms with van der Waals surface area (Å²) in [5, 5.41) is 3.42. The van der Waals surface area contributed by atoms with Gasteiger partial charge in [-0.05, 0) is 41.1 Å². The van der Waals surface area contributed by atoms with E-state index in [9.17, 15) is 4.79 Å². The smallest absolute Gasteiger partial charge is 0.354 e. The lowest BCUT2D eigenvalue weighted by atomic mass is 10.1. The van der Waals surface area contributed by atoms with Crippen molar-refractivity contribution >= 4 is 55.3 Å². The van der Waals surface area contributed by atoms with E-state index in [1.807, 2.05) is 18.2 Å². The van der Waals surface area contributed by atoms with Crippen LogP contribution < -0.4 is 0 Å². The van der Waals surface area contributed by atoms with E-state index in [-0.39, 0.29) is 5.97 Å². The first-order valence-electron chi connectivity index (χ1n) is 7.71. The van der Waals surface area contributed by atoms with Crippen molar-refractivity contribution in [3.63, 3.8) is 0 Å². The van der Waals surface area contributed by atoms with Crippen molar-refractivity contribution in [1.82, 2.24) is 4.98 Å². The molecule has 0 radical (unpaired) electrons. The number of fused-ring (bicyclic) bond motifs is 2. The van der Waals surface area contributed by atoms with E-state index in [2.05, 4.69) is 57.3 Å². The van der Waals surface area contributed by atoms with Gasteiger partial charge in [0.1, 0.15) is 5.69 Å². The fourth-order valence-corrected chi connectivity index (χ4v) is 4.49. The predicted molar refractivity (Wildman–Crippen MR) is 105 cm³/mol. The first-order chi connectivity index (χ1) is 12.1. The molecule has 1 heterocycles. The van der Waals surface area contributed by atoms with E-state index >= 15 is 0 Å². The summed E-state index contributed by atoms with van der Waals surface area (Å²) in [6.07, 6.45) is 0. The highest BCUT2D eigenvalue weighted by Gasteiger charge is 2.12. The largest absolute Gasteiger partial charge is 0.464 e. The fourth-order valence-electron chi connectivity index (χ4n) is 2.81. The minimum absolute atomic E-state index is 0.369. The zero-order valence-electron chi connectivity index (χ0n) is 13.4. The molecule has 0 atom stereocenters. The Morgan fingerprint density at radius 3 is 2.60 bits per heavy atom. The fraction of sp³-hybridized carbons (Fsp3) is 0.0500. The molecule has 0 aliphatic heterocycles. The number of carbonyl (C=O) groups is 1. The topological polar surface area (TPSA) is 42.1 Å². The van der Waals surface area contributed by atoms with Gasteiger partial charge in [0.05, 0.1) is 7.11 Å². The number of H-pyrrole nitrogens is 1. The van der Waals surface area contributed by atoms with Gasteiger partial charge in [-0.25, -0.2) is 4.79 Å². The highest BCUT2D eigenvalue weighted by atomic mass is 79.9. The Kier molecular flexibility index (Phi) is 4.27. The number of carbonyl (C=O) groups excluding carboxylic acids is 1. The van der Waals surface area contributed by atoms with Crippen LogP contribution in [0.25, 0.3) is 21.7 Å². The van der Waals surface area contributed by atoms with Crippen LogP contribution in [0.2, 0.25) is 0 Å². The Labute approximate surface area is 157 Å². The standard InChI is InChI=1S/C20H14BrNO2S/c1-24-20(23)19-11-16-17(21)9-15(10-18(16)22-19)25-14-7-6-12-4-2-3-5-13(12)8-14/h2-11,22H,1H3. The summed E-state index contributed by atoms with van der Waals surface area (Å²) in [4.78, 5) is 17.1. The summed E-state index contributed by atoms with van der Waals surface area (Å²) in [6.45, 7) is 0. The molecule has 124 valence electrons. The molecule has 1 aromatic heterocycles. The summed E-state index contributed by atoms with van der Waals surface area (Å²) >= 11 is 5.29. The predicted octanol–water partition coefficient (Wildman–Crippen LogP) is 6.02. The van der Waals surface area contributed by atoms with Crippen LogP contribution >= 0.6 is 27.7 Å². The third-order valence-electron chi connectivity index (χ3n) is 4.02. The van der Waals surface area contributed by atoms with Crippen molar-refractivity contribution in [1.29, 1.82) is 0 Å². The van der Waals surface area contributed by atoms with Gasteiger partial charge in [0, 0.05) is 25.2 Å². The van der Waals surface area contributed by atoms with Gasteiger partial charge in [0.25, 0.3) is 0 Å². The number of esters is 1. The zero-order chi connectivity index (χ0) is 17.4. The van der Waals surface area contributed by atoms with Gasteiger partial charge in [-0.1, -0.05) is 58.0 Å². The van der Waals surface area contributed by atoms with E-state index in [1.54, 1.807) is 17.8 Å². The van der Waals surface area contributed by atoms with Crippen LogP contribution in [0.4, 0.5) is 0 Å². The van der Waals surface area contributed by atoms with Crippen LogP contribution in [-0.4, -0.2) is 18.1 Å². The first-order valence-corrected chi connectivity index (χ1v) is 9.32. The molecule has 0 spiro atoms. The lowest BCUT2D eigenvalue weighted by Gasteiger charge is -2.05. The van der Waals surface area contributed by atoms with E-state index in [0.29, 0.717) is 5.69 Å². The SMILES string of the molecule is COC(=O)c1cc2c(Br)cc(Sc3ccc4ccccc4c3)cc2[nH]1. The average molecular weight is 412 g/mol. The van der Waals surface area contributed by atoms with Crippen LogP contribution in [0.5, 0.6) is 0 Å². The Bertz CT molecular complexity index is 1100. The monoisotopic (exact) mass is 411 g/mol.